The van der Waals surface area contributed by atoms with Crippen molar-refractivity contribution in [2.45, 2.75) is 32.4 Å². The number of hydrogen-bond acceptors (Lipinski definition) is 4. The first-order valence-electron chi connectivity index (χ1n) is 6.85. The molecular formula is C14H25N3S. The van der Waals surface area contributed by atoms with Gasteiger partial charge in [-0.3, -0.25) is 4.90 Å². The maximum Gasteiger partial charge on any atom is 0.0570 e. The molecule has 4 heteroatoms. The fraction of sp³-hybridized carbons (Fsp3) is 0.714. The third kappa shape index (κ3) is 2.77. The van der Waals surface area contributed by atoms with E-state index >= 15 is 0 Å². The molecule has 2 N–H and O–H groups in total. The van der Waals surface area contributed by atoms with E-state index in [1.165, 1.54) is 16.9 Å². The molecule has 1 aromatic heterocycles. The molecule has 0 bridgehead atoms. The van der Waals surface area contributed by atoms with Crippen molar-refractivity contribution in [2.24, 2.45) is 5.73 Å². The van der Waals surface area contributed by atoms with E-state index < -0.39 is 0 Å². The standard InChI is InChI=1S/C14H25N3S/c1-4-12-10-16(3)6-7-17(12)13(9-15)14-11(2)5-8-18-14/h5,8,12-13H,4,6-7,9-10,15H2,1-3H3. The summed E-state index contributed by atoms with van der Waals surface area (Å²) in [5, 5.41) is 2.18. The van der Waals surface area contributed by atoms with Crippen LogP contribution in [0.25, 0.3) is 0 Å². The smallest absolute Gasteiger partial charge is 0.0570 e. The lowest BCUT2D eigenvalue weighted by atomic mass is 10.0. The van der Waals surface area contributed by atoms with Crippen molar-refractivity contribution in [2.75, 3.05) is 33.2 Å². The highest BCUT2D eigenvalue weighted by molar-refractivity contribution is 7.10. The molecule has 0 radical (unpaired) electrons. The Labute approximate surface area is 115 Å². The second-order valence-electron chi connectivity index (χ2n) is 5.28. The fourth-order valence-electron chi connectivity index (χ4n) is 2.92. The second kappa shape index (κ2) is 6.15. The van der Waals surface area contributed by atoms with Gasteiger partial charge in [-0.1, -0.05) is 6.92 Å². The number of rotatable bonds is 4. The Morgan fingerprint density at radius 3 is 2.83 bits per heavy atom. The molecule has 3 nitrogen and oxygen atoms in total. The molecule has 1 fully saturated rings. The van der Waals surface area contributed by atoms with Crippen LogP contribution in [0.2, 0.25) is 0 Å². The van der Waals surface area contributed by atoms with Gasteiger partial charge < -0.3 is 10.6 Å². The minimum absolute atomic E-state index is 0.406. The number of thiophene rings is 1. The number of hydrogen-bond donors (Lipinski definition) is 1. The molecule has 2 rings (SSSR count). The maximum atomic E-state index is 6.07. The van der Waals surface area contributed by atoms with E-state index in [9.17, 15) is 0 Å². The monoisotopic (exact) mass is 267 g/mol. The molecule has 102 valence electrons. The van der Waals surface area contributed by atoms with Crippen LogP contribution in [-0.4, -0.2) is 49.1 Å². The van der Waals surface area contributed by atoms with Crippen LogP contribution in [0.4, 0.5) is 0 Å². The van der Waals surface area contributed by atoms with Crippen molar-refractivity contribution in [3.05, 3.63) is 21.9 Å². The molecule has 2 atom stereocenters. The number of nitrogens with zero attached hydrogens (tertiary/aromatic N) is 2. The average molecular weight is 267 g/mol. The van der Waals surface area contributed by atoms with E-state index in [1.54, 1.807) is 0 Å². The summed E-state index contributed by atoms with van der Waals surface area (Å²) >= 11 is 1.85. The van der Waals surface area contributed by atoms with Gasteiger partial charge in [-0.15, -0.1) is 11.3 Å². The van der Waals surface area contributed by atoms with Crippen molar-refractivity contribution in [3.63, 3.8) is 0 Å². The fourth-order valence-corrected chi connectivity index (χ4v) is 3.98. The predicted molar refractivity (Wildman–Crippen MR) is 79.1 cm³/mol. The third-order valence-electron chi connectivity index (χ3n) is 4.03. The molecule has 0 aromatic carbocycles. The summed E-state index contributed by atoms with van der Waals surface area (Å²) in [5.74, 6) is 0. The molecule has 0 aliphatic carbocycles. The predicted octanol–water partition coefficient (Wildman–Crippen LogP) is 2.08. The number of piperazine rings is 1. The summed E-state index contributed by atoms with van der Waals surface area (Å²) in [5.41, 5.74) is 7.46. The van der Waals surface area contributed by atoms with E-state index in [4.69, 9.17) is 5.73 Å². The van der Waals surface area contributed by atoms with Gasteiger partial charge in [0.25, 0.3) is 0 Å². The molecule has 1 aliphatic heterocycles. The van der Waals surface area contributed by atoms with Crippen LogP contribution in [0.5, 0.6) is 0 Å². The Morgan fingerprint density at radius 2 is 2.28 bits per heavy atom. The SMILES string of the molecule is CCC1CN(C)CCN1C(CN)c1sccc1C. The lowest BCUT2D eigenvalue weighted by molar-refractivity contribution is 0.0531. The van der Waals surface area contributed by atoms with Gasteiger partial charge in [0.15, 0.2) is 0 Å². The molecule has 18 heavy (non-hydrogen) atoms. The highest BCUT2D eigenvalue weighted by Crippen LogP contribution is 2.31. The molecule has 1 aromatic rings. The van der Waals surface area contributed by atoms with Gasteiger partial charge in [0.05, 0.1) is 6.04 Å². The zero-order valence-electron chi connectivity index (χ0n) is 11.7. The number of nitrogens with two attached hydrogens (primary N) is 1. The van der Waals surface area contributed by atoms with Crippen LogP contribution < -0.4 is 5.73 Å². The van der Waals surface area contributed by atoms with Crippen molar-refractivity contribution in [3.8, 4) is 0 Å². The van der Waals surface area contributed by atoms with Gasteiger partial charge >= 0.3 is 0 Å². The molecule has 2 unspecified atom stereocenters. The van der Waals surface area contributed by atoms with Crippen molar-refractivity contribution >= 4 is 11.3 Å². The zero-order chi connectivity index (χ0) is 13.1. The Kier molecular flexibility index (Phi) is 4.78. The number of aryl methyl sites for hydroxylation is 1. The highest BCUT2D eigenvalue weighted by atomic mass is 32.1. The lowest BCUT2D eigenvalue weighted by Crippen LogP contribution is -2.53. The molecule has 0 saturated carbocycles. The summed E-state index contributed by atoms with van der Waals surface area (Å²) in [6, 6.07) is 3.25. The van der Waals surface area contributed by atoms with Crippen molar-refractivity contribution < 1.29 is 0 Å². The minimum atomic E-state index is 0.406. The van der Waals surface area contributed by atoms with E-state index in [0.717, 1.165) is 26.2 Å². The summed E-state index contributed by atoms with van der Waals surface area (Å²) in [6.45, 7) is 8.65. The van der Waals surface area contributed by atoms with Gasteiger partial charge in [0, 0.05) is 37.1 Å². The Bertz CT molecular complexity index is 377. The van der Waals surface area contributed by atoms with Crippen LogP contribution in [-0.2, 0) is 0 Å². The Hall–Kier alpha value is -0.420. The van der Waals surface area contributed by atoms with Crippen molar-refractivity contribution in [1.82, 2.24) is 9.80 Å². The van der Waals surface area contributed by atoms with E-state index in [2.05, 4.69) is 42.1 Å². The molecule has 1 saturated heterocycles. The lowest BCUT2D eigenvalue weighted by Gasteiger charge is -2.43. The quantitative estimate of drug-likeness (QED) is 0.906. The second-order valence-corrected chi connectivity index (χ2v) is 6.23. The molecule has 1 aliphatic rings. The van der Waals surface area contributed by atoms with Gasteiger partial charge in [-0.05, 0) is 37.4 Å². The largest absolute Gasteiger partial charge is 0.329 e. The van der Waals surface area contributed by atoms with Gasteiger partial charge in [-0.2, -0.15) is 0 Å². The van der Waals surface area contributed by atoms with Crippen molar-refractivity contribution in [1.29, 1.82) is 0 Å². The summed E-state index contributed by atoms with van der Waals surface area (Å²) in [7, 11) is 2.22. The van der Waals surface area contributed by atoms with E-state index in [0.29, 0.717) is 12.1 Å². The van der Waals surface area contributed by atoms with Crippen LogP contribution in [0.3, 0.4) is 0 Å². The molecule has 2 heterocycles. The third-order valence-corrected chi connectivity index (χ3v) is 5.15. The van der Waals surface area contributed by atoms with Gasteiger partial charge in [0.1, 0.15) is 0 Å². The first kappa shape index (κ1) is 14.0. The molecule has 0 spiro atoms. The van der Waals surface area contributed by atoms with Crippen LogP contribution in [0.1, 0.15) is 29.8 Å². The summed E-state index contributed by atoms with van der Waals surface area (Å²) in [4.78, 5) is 6.51. The Balaban J connectivity index is 2.19. The number of likely N-dealkylation sites (N-methyl/N-ethyl adjacent to an activating group) is 1. The first-order chi connectivity index (χ1) is 8.67. The van der Waals surface area contributed by atoms with Gasteiger partial charge in [-0.25, -0.2) is 0 Å². The van der Waals surface area contributed by atoms with Gasteiger partial charge in [0.2, 0.25) is 0 Å². The summed E-state index contributed by atoms with van der Waals surface area (Å²) in [6.07, 6.45) is 1.20. The average Bonchev–Trinajstić information content (AvgIpc) is 2.78. The normalized spacial score (nSPS) is 24.3. The first-order valence-corrected chi connectivity index (χ1v) is 7.73. The maximum absolute atomic E-state index is 6.07. The van der Waals surface area contributed by atoms with Crippen LogP contribution in [0, 0.1) is 6.92 Å². The molecule has 0 amide bonds. The summed E-state index contributed by atoms with van der Waals surface area (Å²) < 4.78 is 0. The zero-order valence-corrected chi connectivity index (χ0v) is 12.5. The van der Waals surface area contributed by atoms with Crippen LogP contribution in [0.15, 0.2) is 11.4 Å². The van der Waals surface area contributed by atoms with E-state index in [1.807, 2.05) is 11.3 Å². The Morgan fingerprint density at radius 1 is 1.50 bits per heavy atom. The minimum Gasteiger partial charge on any atom is -0.329 e. The topological polar surface area (TPSA) is 32.5 Å². The molecular weight excluding hydrogens is 242 g/mol. The van der Waals surface area contributed by atoms with Crippen LogP contribution >= 0.6 is 11.3 Å². The highest BCUT2D eigenvalue weighted by Gasteiger charge is 2.31. The van der Waals surface area contributed by atoms with E-state index in [-0.39, 0.29) is 0 Å².